The second-order valence-electron chi connectivity index (χ2n) is 16.4. The van der Waals surface area contributed by atoms with Crippen LogP contribution in [0.1, 0.15) is 86.1 Å². The molecule has 6 aromatic rings. The Kier molecular flexibility index (Phi) is 6.74. The van der Waals surface area contributed by atoms with Crippen LogP contribution in [0.3, 0.4) is 0 Å². The third-order valence-electron chi connectivity index (χ3n) is 12.3. The van der Waals surface area contributed by atoms with E-state index in [2.05, 4.69) is 161 Å². The summed E-state index contributed by atoms with van der Waals surface area (Å²) in [7, 11) is -3.83. The first-order valence-corrected chi connectivity index (χ1v) is 19.7. The minimum absolute atomic E-state index is 0.192. The summed E-state index contributed by atoms with van der Waals surface area (Å²) in [6, 6.07) is 42.6. The zero-order valence-corrected chi connectivity index (χ0v) is 32.0. The number of fused-ring (bicyclic) bond motifs is 6. The van der Waals surface area contributed by atoms with Crippen molar-refractivity contribution < 1.29 is 8.42 Å². The number of hydrogen-bond donors (Lipinski definition) is 0. The van der Waals surface area contributed by atoms with Gasteiger partial charge in [-0.25, -0.2) is 8.42 Å². The van der Waals surface area contributed by atoms with Crippen LogP contribution in [-0.2, 0) is 26.1 Å². The Morgan fingerprint density at radius 2 is 0.654 bits per heavy atom. The van der Waals surface area contributed by atoms with E-state index < -0.39 is 15.3 Å². The van der Waals surface area contributed by atoms with Gasteiger partial charge in [-0.15, -0.1) is 0 Å². The number of hydrogen-bond acceptors (Lipinski definition) is 4. The normalized spacial score (nSPS) is 17.9. The van der Waals surface area contributed by atoms with Crippen molar-refractivity contribution in [3.63, 3.8) is 0 Å². The van der Waals surface area contributed by atoms with Crippen LogP contribution in [0, 0.1) is 13.8 Å². The molecule has 0 atom stereocenters. The molecule has 0 aliphatic carbocycles. The van der Waals surface area contributed by atoms with E-state index in [0.717, 1.165) is 56.4 Å². The van der Waals surface area contributed by atoms with Gasteiger partial charge in [-0.1, -0.05) is 114 Å². The van der Waals surface area contributed by atoms with Gasteiger partial charge in [-0.2, -0.15) is 0 Å². The fourth-order valence-electron chi connectivity index (χ4n) is 9.36. The van der Waals surface area contributed by atoms with E-state index in [9.17, 15) is 8.42 Å². The third-order valence-corrected chi connectivity index (χ3v) is 14.1. The molecule has 0 saturated carbocycles. The molecule has 3 aliphatic heterocycles. The predicted octanol–water partition coefficient (Wildman–Crippen LogP) is 12.0. The smallest absolute Gasteiger partial charge is 0.207 e. The van der Waals surface area contributed by atoms with Gasteiger partial charge in [-0.05, 0) is 107 Å². The maximum absolute atomic E-state index is 14.8. The molecular weight excluding hydrogens is 657 g/mol. The van der Waals surface area contributed by atoms with Crippen molar-refractivity contribution in [2.45, 2.75) is 81.4 Å². The molecule has 6 aromatic carbocycles. The monoisotopic (exact) mass is 700 g/mol. The molecule has 0 fully saturated rings. The Hall–Kier alpha value is -5.13. The number of para-hydroxylation sites is 4. The van der Waals surface area contributed by atoms with Gasteiger partial charge in [0.2, 0.25) is 9.84 Å². The summed E-state index contributed by atoms with van der Waals surface area (Å²) in [5.41, 5.74) is 13.9. The summed E-state index contributed by atoms with van der Waals surface area (Å²) in [5, 5.41) is 0. The molecule has 0 unspecified atom stereocenters. The number of benzene rings is 6. The van der Waals surface area contributed by atoms with E-state index in [0.29, 0.717) is 9.79 Å². The first-order chi connectivity index (χ1) is 24.7. The van der Waals surface area contributed by atoms with Gasteiger partial charge < -0.3 is 9.80 Å². The summed E-state index contributed by atoms with van der Waals surface area (Å²) in [6.45, 7) is 17.6. The quantitative estimate of drug-likeness (QED) is 0.180. The molecule has 3 aliphatic rings. The number of sulfone groups is 1. The first kappa shape index (κ1) is 32.8. The second-order valence-corrected chi connectivity index (χ2v) is 18.3. The van der Waals surface area contributed by atoms with E-state index >= 15 is 0 Å². The molecular formula is C47H44N2O2S. The molecule has 260 valence electrons. The van der Waals surface area contributed by atoms with Crippen molar-refractivity contribution in [1.82, 2.24) is 0 Å². The van der Waals surface area contributed by atoms with Gasteiger partial charge >= 0.3 is 0 Å². The topological polar surface area (TPSA) is 40.6 Å². The molecule has 4 nitrogen and oxygen atoms in total. The number of anilines is 6. The minimum Gasteiger partial charge on any atom is -0.310 e. The molecule has 0 N–H and O–H groups in total. The van der Waals surface area contributed by atoms with E-state index in [1.807, 2.05) is 26.0 Å². The van der Waals surface area contributed by atoms with Crippen LogP contribution < -0.4 is 9.80 Å². The predicted molar refractivity (Wildman–Crippen MR) is 214 cm³/mol. The lowest BCUT2D eigenvalue weighted by Crippen LogP contribution is -2.33. The number of nitrogens with zero attached hydrogens (tertiary/aromatic N) is 2. The lowest BCUT2D eigenvalue weighted by molar-refractivity contribution is 0.555. The van der Waals surface area contributed by atoms with Crippen LogP contribution in [0.15, 0.2) is 131 Å². The number of aryl methyl sites for hydroxylation is 2. The van der Waals surface area contributed by atoms with Gasteiger partial charge in [0.1, 0.15) is 0 Å². The average molecular weight is 701 g/mol. The Bertz CT molecular complexity index is 2340. The second kappa shape index (κ2) is 10.7. The Labute approximate surface area is 308 Å². The lowest BCUT2D eigenvalue weighted by atomic mass is 9.73. The molecule has 0 spiro atoms. The fourth-order valence-corrected chi connectivity index (χ4v) is 11.5. The third kappa shape index (κ3) is 4.23. The van der Waals surface area contributed by atoms with Crippen LogP contribution in [0.5, 0.6) is 0 Å². The van der Waals surface area contributed by atoms with Crippen molar-refractivity contribution in [3.8, 4) is 0 Å². The van der Waals surface area contributed by atoms with Crippen LogP contribution in [0.4, 0.5) is 34.1 Å². The minimum atomic E-state index is -3.83. The summed E-state index contributed by atoms with van der Waals surface area (Å²) in [4.78, 5) is 5.47. The summed E-state index contributed by atoms with van der Waals surface area (Å²) in [5.74, 6) is 0. The van der Waals surface area contributed by atoms with Crippen LogP contribution in [0.25, 0.3) is 0 Å². The molecule has 9 rings (SSSR count). The molecule has 0 saturated heterocycles. The SMILES string of the molecule is Cc1cc2c(cc1N1c3ccccc3C(C)(C)c3ccccc31)C(C)(C)c1cc(N3c4ccccc4C(C)(C)c4ccccc43)c(C)cc1S2(=O)=O. The van der Waals surface area contributed by atoms with Crippen molar-refractivity contribution >= 4 is 44.0 Å². The molecule has 0 radical (unpaired) electrons. The fraction of sp³-hybridized carbons (Fsp3) is 0.234. The van der Waals surface area contributed by atoms with E-state index in [4.69, 9.17) is 0 Å². The molecule has 0 aromatic heterocycles. The molecule has 3 heterocycles. The van der Waals surface area contributed by atoms with E-state index in [-0.39, 0.29) is 10.8 Å². The molecule has 52 heavy (non-hydrogen) atoms. The van der Waals surface area contributed by atoms with Crippen LogP contribution in [-0.4, -0.2) is 8.42 Å². The average Bonchev–Trinajstić information content (AvgIpc) is 3.12. The Balaban J connectivity index is 1.27. The Morgan fingerprint density at radius 3 is 0.962 bits per heavy atom. The van der Waals surface area contributed by atoms with E-state index in [1.165, 1.54) is 22.3 Å². The number of rotatable bonds is 2. The highest BCUT2D eigenvalue weighted by Gasteiger charge is 2.44. The highest BCUT2D eigenvalue weighted by Crippen LogP contribution is 2.57. The zero-order chi connectivity index (χ0) is 36.5. The van der Waals surface area contributed by atoms with Crippen molar-refractivity contribution in [2.24, 2.45) is 0 Å². The first-order valence-electron chi connectivity index (χ1n) is 18.2. The molecule has 0 amide bonds. The maximum Gasteiger partial charge on any atom is 0.207 e. The molecule has 0 bridgehead atoms. The largest absolute Gasteiger partial charge is 0.310 e. The van der Waals surface area contributed by atoms with Crippen LogP contribution in [0.2, 0.25) is 0 Å². The van der Waals surface area contributed by atoms with Gasteiger partial charge in [-0.3, -0.25) is 0 Å². The zero-order valence-electron chi connectivity index (χ0n) is 31.2. The molecule has 5 heteroatoms. The van der Waals surface area contributed by atoms with Crippen molar-refractivity contribution in [2.75, 3.05) is 9.80 Å². The standard InChI is InChI=1S/C47H44N2O2S/c1-29-25-43-35(27-41(29)48-37-21-13-9-17-31(37)45(3,4)32-18-10-14-22-38(32)48)47(7,8)36-28-42(30(2)26-44(36)52(43,50)51)49-39-23-15-11-19-33(39)46(5,6)34-20-12-16-24-40(34)49/h9-28H,1-8H3. The van der Waals surface area contributed by atoms with Gasteiger partial charge in [0.25, 0.3) is 0 Å². The van der Waals surface area contributed by atoms with Gasteiger partial charge in [0.05, 0.1) is 32.5 Å². The van der Waals surface area contributed by atoms with Gasteiger partial charge in [0, 0.05) is 27.6 Å². The summed E-state index contributed by atoms with van der Waals surface area (Å²) < 4.78 is 29.6. The van der Waals surface area contributed by atoms with Crippen molar-refractivity contribution in [1.29, 1.82) is 0 Å². The highest BCUT2D eigenvalue weighted by molar-refractivity contribution is 7.91. The van der Waals surface area contributed by atoms with E-state index in [1.54, 1.807) is 0 Å². The maximum atomic E-state index is 14.8. The Morgan fingerprint density at radius 1 is 0.385 bits per heavy atom. The summed E-state index contributed by atoms with van der Waals surface area (Å²) >= 11 is 0. The lowest BCUT2D eigenvalue weighted by Gasteiger charge is -2.44. The van der Waals surface area contributed by atoms with Crippen molar-refractivity contribution in [3.05, 3.63) is 166 Å². The highest BCUT2D eigenvalue weighted by atomic mass is 32.2. The van der Waals surface area contributed by atoms with Crippen LogP contribution >= 0.6 is 0 Å². The summed E-state index contributed by atoms with van der Waals surface area (Å²) in [6.07, 6.45) is 0. The van der Waals surface area contributed by atoms with Gasteiger partial charge in [0.15, 0.2) is 0 Å².